The van der Waals surface area contributed by atoms with Gasteiger partial charge in [-0.2, -0.15) is 0 Å². The lowest BCUT2D eigenvalue weighted by Crippen LogP contribution is -2.60. The van der Waals surface area contributed by atoms with E-state index in [0.29, 0.717) is 43.4 Å². The first-order valence-electron chi connectivity index (χ1n) is 12.0. The summed E-state index contributed by atoms with van der Waals surface area (Å²) in [6.45, 7) is 3.87. The highest BCUT2D eigenvalue weighted by Gasteiger charge is 2.35. The van der Waals surface area contributed by atoms with Gasteiger partial charge >= 0.3 is 0 Å². The monoisotopic (exact) mass is 496 g/mol. The molecule has 0 saturated carbocycles. The highest BCUT2D eigenvalue weighted by atomic mass is 16.5. The van der Waals surface area contributed by atoms with Crippen LogP contribution in [0.3, 0.4) is 0 Å². The Bertz CT molecular complexity index is 1070. The molecule has 3 heterocycles. The number of nitrogens with zero attached hydrogens (tertiary/aromatic N) is 4. The maximum absolute atomic E-state index is 13.2. The van der Waals surface area contributed by atoms with Crippen LogP contribution >= 0.6 is 0 Å². The minimum Gasteiger partial charge on any atom is -0.497 e. The summed E-state index contributed by atoms with van der Waals surface area (Å²) in [4.78, 5) is 48.9. The number of ether oxygens (including phenoxy) is 2. The number of aromatic nitrogens is 1. The normalized spacial score (nSPS) is 18.4. The zero-order chi connectivity index (χ0) is 25.5. The number of rotatable bonds is 8. The van der Waals surface area contributed by atoms with Crippen LogP contribution in [0.15, 0.2) is 42.6 Å². The Hall–Kier alpha value is -3.86. The van der Waals surface area contributed by atoms with Gasteiger partial charge in [0.2, 0.25) is 17.7 Å². The van der Waals surface area contributed by atoms with Crippen molar-refractivity contribution in [3.63, 3.8) is 0 Å². The van der Waals surface area contributed by atoms with Gasteiger partial charge in [-0.3, -0.25) is 19.3 Å². The van der Waals surface area contributed by atoms with Crippen LogP contribution in [-0.4, -0.2) is 98.6 Å². The Kier molecular flexibility index (Phi) is 8.21. The molecular formula is C25H32N6O5. The first-order valence-corrected chi connectivity index (χ1v) is 12.0. The molecule has 11 nitrogen and oxygen atoms in total. The molecule has 2 aliphatic heterocycles. The molecule has 2 aromatic rings. The highest BCUT2D eigenvalue weighted by Crippen LogP contribution is 2.29. The average molecular weight is 497 g/mol. The summed E-state index contributed by atoms with van der Waals surface area (Å²) in [6.07, 6.45) is 1.61. The third-order valence-corrected chi connectivity index (χ3v) is 6.42. The molecule has 1 aromatic carbocycles. The van der Waals surface area contributed by atoms with Gasteiger partial charge in [0.15, 0.2) is 0 Å². The van der Waals surface area contributed by atoms with Crippen LogP contribution < -0.4 is 25.0 Å². The Labute approximate surface area is 210 Å². The number of anilines is 2. The van der Waals surface area contributed by atoms with Crippen LogP contribution in [0.25, 0.3) is 0 Å². The number of hydrogen-bond acceptors (Lipinski definition) is 8. The zero-order valence-corrected chi connectivity index (χ0v) is 20.6. The Morgan fingerprint density at radius 1 is 1.08 bits per heavy atom. The summed E-state index contributed by atoms with van der Waals surface area (Å²) in [5.41, 5.74) is 0.432. The topological polar surface area (TPSA) is 116 Å². The van der Waals surface area contributed by atoms with Crippen molar-refractivity contribution in [1.82, 2.24) is 20.1 Å². The third-order valence-electron chi connectivity index (χ3n) is 6.42. The highest BCUT2D eigenvalue weighted by molar-refractivity contribution is 5.98. The predicted octanol–water partition coefficient (Wildman–Crippen LogP) is 0.577. The fourth-order valence-corrected chi connectivity index (χ4v) is 4.46. The first-order chi connectivity index (χ1) is 17.5. The van der Waals surface area contributed by atoms with E-state index >= 15 is 0 Å². The second-order valence-electron chi connectivity index (χ2n) is 8.66. The number of piperazine rings is 2. The number of carbonyl (C=O) groups excluding carboxylic acids is 3. The Morgan fingerprint density at radius 2 is 1.89 bits per heavy atom. The molecule has 0 bridgehead atoms. The van der Waals surface area contributed by atoms with Crippen LogP contribution in [0.1, 0.15) is 6.42 Å². The number of nitrogens with one attached hydrogen (secondary N) is 2. The van der Waals surface area contributed by atoms with Gasteiger partial charge in [0, 0.05) is 51.5 Å². The van der Waals surface area contributed by atoms with Crippen molar-refractivity contribution in [1.29, 1.82) is 0 Å². The summed E-state index contributed by atoms with van der Waals surface area (Å²) in [7, 11) is 3.03. The quantitative estimate of drug-likeness (QED) is 0.545. The van der Waals surface area contributed by atoms with Crippen molar-refractivity contribution in [2.24, 2.45) is 0 Å². The van der Waals surface area contributed by atoms with Gasteiger partial charge in [-0.25, -0.2) is 4.98 Å². The van der Waals surface area contributed by atoms with Gasteiger partial charge < -0.3 is 29.9 Å². The standard InChI is InChI=1S/C25H32N6O5/c1-35-18-6-7-21(36-2)19(15-18)28-23(32)16-20-25(34)27-9-10-31(20)24(33)17-29-11-13-30(14-12-29)22-5-3-4-8-26-22/h3-8,15,20H,9-14,16-17H2,1-2H3,(H,27,34)(H,28,32). The van der Waals surface area contributed by atoms with Gasteiger partial charge in [0.05, 0.1) is 32.9 Å². The Balaban J connectivity index is 1.35. The van der Waals surface area contributed by atoms with E-state index in [4.69, 9.17) is 9.47 Å². The number of amides is 3. The van der Waals surface area contributed by atoms with Gasteiger partial charge in [-0.1, -0.05) is 6.07 Å². The number of pyridine rings is 1. The molecular weight excluding hydrogens is 464 g/mol. The van der Waals surface area contributed by atoms with E-state index in [2.05, 4.69) is 25.4 Å². The molecule has 2 aliphatic rings. The minimum absolute atomic E-state index is 0.159. The molecule has 2 fully saturated rings. The molecule has 1 aromatic heterocycles. The van der Waals surface area contributed by atoms with Crippen molar-refractivity contribution in [2.45, 2.75) is 12.5 Å². The maximum Gasteiger partial charge on any atom is 0.243 e. The van der Waals surface area contributed by atoms with Gasteiger partial charge in [-0.05, 0) is 24.3 Å². The minimum atomic E-state index is -0.877. The maximum atomic E-state index is 13.2. The van der Waals surface area contributed by atoms with Crippen LogP contribution in [0.4, 0.5) is 11.5 Å². The van der Waals surface area contributed by atoms with Crippen molar-refractivity contribution in [2.75, 3.05) is 70.2 Å². The van der Waals surface area contributed by atoms with Gasteiger partial charge in [0.25, 0.3) is 0 Å². The lowest BCUT2D eigenvalue weighted by molar-refractivity contribution is -0.145. The van der Waals surface area contributed by atoms with Crippen molar-refractivity contribution in [3.05, 3.63) is 42.6 Å². The molecule has 0 spiro atoms. The fourth-order valence-electron chi connectivity index (χ4n) is 4.46. The lowest BCUT2D eigenvalue weighted by atomic mass is 10.1. The number of carbonyl (C=O) groups is 3. The predicted molar refractivity (Wildman–Crippen MR) is 134 cm³/mol. The summed E-state index contributed by atoms with van der Waals surface area (Å²) in [5.74, 6) is 1.06. The van der Waals surface area contributed by atoms with E-state index < -0.39 is 11.9 Å². The summed E-state index contributed by atoms with van der Waals surface area (Å²) >= 11 is 0. The number of methoxy groups -OCH3 is 2. The van der Waals surface area contributed by atoms with Crippen LogP contribution in [0.5, 0.6) is 11.5 Å². The van der Waals surface area contributed by atoms with E-state index in [1.807, 2.05) is 18.2 Å². The molecule has 2 N–H and O–H groups in total. The molecule has 36 heavy (non-hydrogen) atoms. The average Bonchev–Trinajstić information content (AvgIpc) is 2.90. The van der Waals surface area contributed by atoms with E-state index in [-0.39, 0.29) is 24.8 Å². The van der Waals surface area contributed by atoms with E-state index in [9.17, 15) is 14.4 Å². The van der Waals surface area contributed by atoms with Crippen molar-refractivity contribution in [3.8, 4) is 11.5 Å². The summed E-state index contributed by atoms with van der Waals surface area (Å²) in [5, 5.41) is 5.55. The lowest BCUT2D eigenvalue weighted by Gasteiger charge is -2.38. The van der Waals surface area contributed by atoms with Gasteiger partial charge in [0.1, 0.15) is 23.4 Å². The SMILES string of the molecule is COc1ccc(OC)c(NC(=O)CC2C(=O)NCCN2C(=O)CN2CCN(c3ccccn3)CC2)c1. The number of hydrogen-bond donors (Lipinski definition) is 2. The van der Waals surface area contributed by atoms with Crippen LogP contribution in [0, 0.1) is 0 Å². The van der Waals surface area contributed by atoms with E-state index in [1.165, 1.54) is 19.1 Å². The summed E-state index contributed by atoms with van der Waals surface area (Å²) < 4.78 is 10.5. The second-order valence-corrected chi connectivity index (χ2v) is 8.66. The second kappa shape index (κ2) is 11.7. The van der Waals surface area contributed by atoms with Crippen LogP contribution in [-0.2, 0) is 14.4 Å². The largest absolute Gasteiger partial charge is 0.497 e. The van der Waals surface area contributed by atoms with E-state index in [0.717, 1.165) is 18.9 Å². The molecule has 4 rings (SSSR count). The zero-order valence-electron chi connectivity index (χ0n) is 20.6. The molecule has 3 amide bonds. The number of benzene rings is 1. The van der Waals surface area contributed by atoms with Crippen molar-refractivity contribution < 1.29 is 23.9 Å². The smallest absolute Gasteiger partial charge is 0.243 e. The molecule has 2 saturated heterocycles. The van der Waals surface area contributed by atoms with E-state index in [1.54, 1.807) is 24.4 Å². The molecule has 1 unspecified atom stereocenters. The molecule has 11 heteroatoms. The van der Waals surface area contributed by atoms with Crippen molar-refractivity contribution >= 4 is 29.2 Å². The first kappa shape index (κ1) is 25.2. The molecule has 0 radical (unpaired) electrons. The molecule has 192 valence electrons. The fraction of sp³-hybridized carbons (Fsp3) is 0.440. The van der Waals surface area contributed by atoms with Gasteiger partial charge in [-0.15, -0.1) is 0 Å². The molecule has 1 atom stereocenters. The summed E-state index contributed by atoms with van der Waals surface area (Å²) in [6, 6.07) is 10.00. The third kappa shape index (κ3) is 6.03. The molecule has 0 aliphatic carbocycles. The van der Waals surface area contributed by atoms with Crippen LogP contribution in [0.2, 0.25) is 0 Å². The Morgan fingerprint density at radius 3 is 2.58 bits per heavy atom.